The zero-order chi connectivity index (χ0) is 30.9. The van der Waals surface area contributed by atoms with Crippen molar-refractivity contribution in [2.45, 2.75) is 32.2 Å². The van der Waals surface area contributed by atoms with Gasteiger partial charge in [-0.25, -0.2) is 13.8 Å². The Bertz CT molecular complexity index is 1730. The number of nitrogens with zero attached hydrogens (tertiary/aromatic N) is 1. The Morgan fingerprint density at radius 3 is 2.39 bits per heavy atom. The molecule has 0 radical (unpaired) electrons. The Hall–Kier alpha value is -5.31. The molecule has 1 heterocycles. The molecular weight excluding hydrogens is 566 g/mol. The van der Waals surface area contributed by atoms with Gasteiger partial charge in [0.1, 0.15) is 23.6 Å². The van der Waals surface area contributed by atoms with E-state index in [0.717, 1.165) is 40.6 Å². The number of carbonyl (C=O) groups is 2. The lowest BCUT2D eigenvalue weighted by atomic mass is 10.0. The molecule has 7 nitrogen and oxygen atoms in total. The van der Waals surface area contributed by atoms with Gasteiger partial charge in [0.05, 0.1) is 12.3 Å². The quantitative estimate of drug-likeness (QED) is 0.155. The normalized spacial score (nSPS) is 10.9. The Kier molecular flexibility index (Phi) is 9.76. The monoisotopic (exact) mass is 596 g/mol. The number of aromatic nitrogens is 1. The summed E-state index contributed by atoms with van der Waals surface area (Å²) in [6, 6.07) is 26.2. The van der Waals surface area contributed by atoms with Crippen LogP contribution in [0.1, 0.15) is 45.1 Å². The van der Waals surface area contributed by atoms with E-state index in [0.29, 0.717) is 30.0 Å². The highest BCUT2D eigenvalue weighted by Gasteiger charge is 2.15. The molecule has 0 aliphatic heterocycles. The van der Waals surface area contributed by atoms with Crippen molar-refractivity contribution >= 4 is 11.9 Å². The maximum atomic E-state index is 13.5. The second-order valence-electron chi connectivity index (χ2n) is 10.2. The molecule has 44 heavy (non-hydrogen) atoms. The van der Waals surface area contributed by atoms with Crippen molar-refractivity contribution in [1.82, 2.24) is 10.3 Å². The second-order valence-corrected chi connectivity index (χ2v) is 10.2. The van der Waals surface area contributed by atoms with Crippen LogP contribution in [0.4, 0.5) is 8.78 Å². The van der Waals surface area contributed by atoms with Crippen LogP contribution in [0.3, 0.4) is 0 Å². The average Bonchev–Trinajstić information content (AvgIpc) is 3.46. The van der Waals surface area contributed by atoms with Crippen molar-refractivity contribution in [3.05, 3.63) is 143 Å². The second kappa shape index (κ2) is 14.2. The number of nitrogens with one attached hydrogen (secondary N) is 1. The molecule has 0 spiro atoms. The van der Waals surface area contributed by atoms with Crippen molar-refractivity contribution in [3.8, 4) is 16.9 Å². The third-order valence-corrected chi connectivity index (χ3v) is 6.93. The molecular formula is C35H30F2N2O5. The van der Waals surface area contributed by atoms with Crippen LogP contribution < -0.4 is 10.1 Å². The predicted octanol–water partition coefficient (Wildman–Crippen LogP) is 6.78. The predicted molar refractivity (Wildman–Crippen MR) is 160 cm³/mol. The number of amides is 1. The average molecular weight is 597 g/mol. The van der Waals surface area contributed by atoms with Crippen molar-refractivity contribution in [2.75, 3.05) is 6.61 Å². The minimum Gasteiger partial charge on any atom is -0.493 e. The number of carboxylic acid groups (broad SMARTS) is 1. The van der Waals surface area contributed by atoms with Crippen LogP contribution in [-0.4, -0.2) is 28.6 Å². The molecule has 0 unspecified atom stereocenters. The van der Waals surface area contributed by atoms with E-state index in [2.05, 4.69) is 34.6 Å². The van der Waals surface area contributed by atoms with E-state index >= 15 is 0 Å². The molecule has 0 aliphatic rings. The third-order valence-electron chi connectivity index (χ3n) is 6.93. The van der Waals surface area contributed by atoms with Crippen molar-refractivity contribution < 1.29 is 32.6 Å². The van der Waals surface area contributed by atoms with Gasteiger partial charge in [0, 0.05) is 37.4 Å². The highest BCUT2D eigenvalue weighted by molar-refractivity contribution is 5.96. The number of halogens is 2. The Balaban J connectivity index is 1.20. The molecule has 5 rings (SSSR count). The lowest BCUT2D eigenvalue weighted by molar-refractivity contribution is -0.136. The van der Waals surface area contributed by atoms with E-state index in [1.54, 1.807) is 18.4 Å². The third kappa shape index (κ3) is 8.38. The van der Waals surface area contributed by atoms with Crippen LogP contribution in [0.15, 0.2) is 102 Å². The summed E-state index contributed by atoms with van der Waals surface area (Å²) in [5.74, 6) is -2.01. The Labute approximate surface area is 253 Å². The van der Waals surface area contributed by atoms with E-state index in [-0.39, 0.29) is 37.1 Å². The van der Waals surface area contributed by atoms with Gasteiger partial charge in [-0.15, -0.1) is 0 Å². The Morgan fingerprint density at radius 1 is 0.841 bits per heavy atom. The number of ether oxygens (including phenoxy) is 1. The molecule has 5 aromatic rings. The fourth-order valence-corrected chi connectivity index (χ4v) is 4.79. The maximum Gasteiger partial charge on any atom is 0.303 e. The van der Waals surface area contributed by atoms with Crippen molar-refractivity contribution in [1.29, 1.82) is 0 Å². The summed E-state index contributed by atoms with van der Waals surface area (Å²) in [5, 5.41) is 11.8. The first-order valence-corrected chi connectivity index (χ1v) is 14.1. The fraction of sp³-hybridized carbons (Fsp3) is 0.171. The van der Waals surface area contributed by atoms with Crippen LogP contribution in [0, 0.1) is 11.6 Å². The van der Waals surface area contributed by atoms with Gasteiger partial charge in [0.15, 0.2) is 5.89 Å². The number of hydrogen-bond acceptors (Lipinski definition) is 5. The van der Waals surface area contributed by atoms with Crippen LogP contribution in [0.25, 0.3) is 11.1 Å². The first-order valence-electron chi connectivity index (χ1n) is 14.1. The zero-order valence-electron chi connectivity index (χ0n) is 23.8. The smallest absolute Gasteiger partial charge is 0.303 e. The molecule has 224 valence electrons. The number of oxazole rings is 1. The molecule has 0 saturated carbocycles. The molecule has 1 amide bonds. The molecule has 0 saturated heterocycles. The van der Waals surface area contributed by atoms with Crippen LogP contribution in [0.2, 0.25) is 0 Å². The molecule has 2 N–H and O–H groups in total. The topological polar surface area (TPSA) is 102 Å². The van der Waals surface area contributed by atoms with Gasteiger partial charge in [0.25, 0.3) is 5.91 Å². The summed E-state index contributed by atoms with van der Waals surface area (Å²) in [6.45, 7) is 0.148. The molecule has 0 bridgehead atoms. The summed E-state index contributed by atoms with van der Waals surface area (Å²) in [5.41, 5.74) is 5.05. The summed E-state index contributed by atoms with van der Waals surface area (Å²) >= 11 is 0. The van der Waals surface area contributed by atoms with Gasteiger partial charge in [-0.3, -0.25) is 9.59 Å². The highest BCUT2D eigenvalue weighted by atomic mass is 19.1. The van der Waals surface area contributed by atoms with Gasteiger partial charge < -0.3 is 19.6 Å². The van der Waals surface area contributed by atoms with Gasteiger partial charge in [-0.1, -0.05) is 60.7 Å². The summed E-state index contributed by atoms with van der Waals surface area (Å²) in [4.78, 5) is 28.8. The number of benzene rings is 4. The van der Waals surface area contributed by atoms with E-state index in [1.165, 1.54) is 6.07 Å². The number of carboxylic acids is 1. The van der Waals surface area contributed by atoms with E-state index in [4.69, 9.17) is 14.3 Å². The van der Waals surface area contributed by atoms with Crippen LogP contribution >= 0.6 is 0 Å². The van der Waals surface area contributed by atoms with Gasteiger partial charge in [0.2, 0.25) is 0 Å². The molecule has 0 aliphatic carbocycles. The fourth-order valence-electron chi connectivity index (χ4n) is 4.79. The number of aryl methyl sites for hydroxylation is 1. The SMILES string of the molecule is O=C(O)CCc1ccc(OCCc2coc(Cc3cccc(-c4ccccc4)c3)n2)cc1C(=O)NCc1cc(F)cc(F)c1. The van der Waals surface area contributed by atoms with Crippen LogP contribution in [-0.2, 0) is 30.6 Å². The largest absolute Gasteiger partial charge is 0.493 e. The molecule has 1 aromatic heterocycles. The van der Waals surface area contributed by atoms with E-state index < -0.39 is 23.5 Å². The zero-order valence-corrected chi connectivity index (χ0v) is 23.8. The highest BCUT2D eigenvalue weighted by Crippen LogP contribution is 2.23. The standard InChI is InChI=1S/C35H30F2N2O5/c36-28-16-24(17-29(37)19-28)21-38-35(42)32-20-31(11-9-26(32)10-12-34(40)41)43-14-13-30-22-44-33(39-30)18-23-5-4-8-27(15-23)25-6-2-1-3-7-25/h1-9,11,15-17,19-20,22H,10,12-14,18,21H2,(H,38,42)(H,40,41). The number of carbonyl (C=O) groups excluding carboxylic acids is 1. The molecule has 0 fully saturated rings. The molecule has 9 heteroatoms. The van der Waals surface area contributed by atoms with Gasteiger partial charge >= 0.3 is 5.97 Å². The Morgan fingerprint density at radius 2 is 1.61 bits per heavy atom. The number of aliphatic carboxylic acids is 1. The van der Waals surface area contributed by atoms with Gasteiger partial charge in [-0.2, -0.15) is 0 Å². The molecule has 0 atom stereocenters. The van der Waals surface area contributed by atoms with Crippen molar-refractivity contribution in [3.63, 3.8) is 0 Å². The number of rotatable bonds is 13. The summed E-state index contributed by atoms with van der Waals surface area (Å²) in [7, 11) is 0. The lowest BCUT2D eigenvalue weighted by Gasteiger charge is -2.13. The minimum atomic E-state index is -0.997. The summed E-state index contributed by atoms with van der Waals surface area (Å²) in [6.07, 6.45) is 2.56. The molecule has 4 aromatic carbocycles. The lowest BCUT2D eigenvalue weighted by Crippen LogP contribution is -2.24. The van der Waals surface area contributed by atoms with E-state index in [1.807, 2.05) is 30.3 Å². The van der Waals surface area contributed by atoms with Crippen molar-refractivity contribution in [2.24, 2.45) is 0 Å². The van der Waals surface area contributed by atoms with E-state index in [9.17, 15) is 18.4 Å². The van der Waals surface area contributed by atoms with Crippen LogP contribution in [0.5, 0.6) is 5.75 Å². The maximum absolute atomic E-state index is 13.5. The first-order chi connectivity index (χ1) is 21.3. The number of hydrogen-bond donors (Lipinski definition) is 2. The summed E-state index contributed by atoms with van der Waals surface area (Å²) < 4.78 is 38.7. The van der Waals surface area contributed by atoms with Gasteiger partial charge in [-0.05, 0) is 58.5 Å². The minimum absolute atomic E-state index is 0.109. The first kappa shape index (κ1) is 30.2.